The van der Waals surface area contributed by atoms with Crippen molar-refractivity contribution in [1.29, 1.82) is 0 Å². The summed E-state index contributed by atoms with van der Waals surface area (Å²) in [5, 5.41) is 32.3. The minimum Gasteiger partial charge on any atom is -0.396 e. The van der Waals surface area contributed by atoms with Crippen molar-refractivity contribution in [3.05, 3.63) is 0 Å². The van der Waals surface area contributed by atoms with Gasteiger partial charge in [-0.05, 0) is 37.0 Å². The minimum atomic E-state index is -1.21. The molecule has 0 aromatic heterocycles. The first kappa shape index (κ1) is 33.4. The van der Waals surface area contributed by atoms with E-state index in [2.05, 4.69) is 19.2 Å². The normalized spacial score (nSPS) is 25.4. The van der Waals surface area contributed by atoms with Crippen LogP contribution < -0.4 is 5.32 Å². The highest BCUT2D eigenvalue weighted by atomic mass is 16.7. The van der Waals surface area contributed by atoms with Crippen LogP contribution in [0.2, 0.25) is 0 Å². The molecule has 5 unspecified atom stereocenters. The zero-order valence-electron chi connectivity index (χ0n) is 24.4. The van der Waals surface area contributed by atoms with Crippen LogP contribution in [-0.2, 0) is 19.0 Å². The van der Waals surface area contributed by atoms with Crippen molar-refractivity contribution in [2.45, 2.75) is 142 Å². The van der Waals surface area contributed by atoms with Crippen LogP contribution in [0.15, 0.2) is 0 Å². The molecule has 2 aliphatic rings. The van der Waals surface area contributed by atoms with E-state index in [1.54, 1.807) is 0 Å². The predicted molar refractivity (Wildman–Crippen MR) is 148 cm³/mol. The molecule has 0 aromatic rings. The number of hydrogen-bond acceptors (Lipinski definition) is 7. The second-order valence-electron chi connectivity index (χ2n) is 12.4. The Labute approximate surface area is 231 Å². The van der Waals surface area contributed by atoms with Crippen LogP contribution in [-0.4, -0.2) is 72.4 Å². The summed E-state index contributed by atoms with van der Waals surface area (Å²) in [5.74, 6) is 0.762. The monoisotopic (exact) mass is 543 g/mol. The van der Waals surface area contributed by atoms with Crippen molar-refractivity contribution in [3.8, 4) is 0 Å². The summed E-state index contributed by atoms with van der Waals surface area (Å²) in [7, 11) is 0. The van der Waals surface area contributed by atoms with Gasteiger partial charge in [0, 0.05) is 6.42 Å². The topological polar surface area (TPSA) is 117 Å². The molecule has 224 valence electrons. The number of aliphatic hydroxyl groups excluding tert-OH is 3. The van der Waals surface area contributed by atoms with Crippen LogP contribution in [0.25, 0.3) is 0 Å². The fraction of sp³-hybridized carbons (Fsp3) is 0.967. The Kier molecular flexibility index (Phi) is 16.3. The Balaban J connectivity index is 1.47. The van der Waals surface area contributed by atoms with Crippen molar-refractivity contribution >= 4 is 5.91 Å². The number of carbonyl (C=O) groups is 1. The van der Waals surface area contributed by atoms with Crippen molar-refractivity contribution in [1.82, 2.24) is 5.32 Å². The maximum absolute atomic E-state index is 12.4. The van der Waals surface area contributed by atoms with Gasteiger partial charge in [-0.1, -0.05) is 85.0 Å². The third-order valence-electron chi connectivity index (χ3n) is 8.27. The summed E-state index contributed by atoms with van der Waals surface area (Å²) in [5.41, 5.74) is 0.555. The number of rotatable bonds is 21. The molecule has 8 heteroatoms. The van der Waals surface area contributed by atoms with E-state index < -0.39 is 24.7 Å². The summed E-state index contributed by atoms with van der Waals surface area (Å²) in [4.78, 5) is 12.4. The van der Waals surface area contributed by atoms with Crippen molar-refractivity contribution in [2.75, 3.05) is 26.4 Å². The number of nitrogens with one attached hydrogen (secondary N) is 1. The van der Waals surface area contributed by atoms with E-state index in [0.717, 1.165) is 25.2 Å². The molecule has 38 heavy (non-hydrogen) atoms. The number of aliphatic hydroxyl groups is 3. The molecule has 6 atom stereocenters. The first-order valence-electron chi connectivity index (χ1n) is 15.3. The van der Waals surface area contributed by atoms with Gasteiger partial charge in [0.2, 0.25) is 5.91 Å². The average Bonchev–Trinajstić information content (AvgIpc) is 2.86. The molecule has 1 aliphatic heterocycles. The van der Waals surface area contributed by atoms with Gasteiger partial charge in [-0.15, -0.1) is 0 Å². The van der Waals surface area contributed by atoms with E-state index >= 15 is 0 Å². The van der Waals surface area contributed by atoms with E-state index in [1.807, 2.05) is 6.92 Å². The molecular weight excluding hydrogens is 486 g/mol. The van der Waals surface area contributed by atoms with Gasteiger partial charge in [0.1, 0.15) is 6.61 Å². The summed E-state index contributed by atoms with van der Waals surface area (Å²) in [6, 6.07) is -0.591. The maximum Gasteiger partial charge on any atom is 0.220 e. The highest BCUT2D eigenvalue weighted by Gasteiger charge is 2.33. The molecule has 0 bridgehead atoms. The first-order chi connectivity index (χ1) is 18.2. The SMILES string of the molecule is CCC(O)[C@H](COC(O)COC1OCC1CO)NC(=O)CCCCCCCCCCC1CCCC(C)(C)C1. The Morgan fingerprint density at radius 3 is 2.34 bits per heavy atom. The molecule has 2 rings (SSSR count). The number of carbonyl (C=O) groups excluding carboxylic acids is 1. The number of unbranched alkanes of at least 4 members (excludes halogenated alkanes) is 7. The van der Waals surface area contributed by atoms with Gasteiger partial charge >= 0.3 is 0 Å². The zero-order chi connectivity index (χ0) is 27.8. The lowest BCUT2D eigenvalue weighted by Crippen LogP contribution is -2.48. The highest BCUT2D eigenvalue weighted by Crippen LogP contribution is 2.40. The molecule has 1 amide bonds. The summed E-state index contributed by atoms with van der Waals surface area (Å²) in [6.45, 7) is 6.97. The first-order valence-corrected chi connectivity index (χ1v) is 15.3. The predicted octanol–water partition coefficient (Wildman–Crippen LogP) is 4.68. The third-order valence-corrected chi connectivity index (χ3v) is 8.27. The van der Waals surface area contributed by atoms with E-state index in [9.17, 15) is 15.0 Å². The molecule has 1 saturated carbocycles. The second-order valence-corrected chi connectivity index (χ2v) is 12.4. The van der Waals surface area contributed by atoms with Crippen LogP contribution in [0.4, 0.5) is 0 Å². The lowest BCUT2D eigenvalue weighted by atomic mass is 9.71. The lowest BCUT2D eigenvalue weighted by molar-refractivity contribution is -0.286. The van der Waals surface area contributed by atoms with E-state index in [0.29, 0.717) is 24.9 Å². The summed E-state index contributed by atoms with van der Waals surface area (Å²) < 4.78 is 16.0. The minimum absolute atomic E-state index is 0.0151. The Bertz CT molecular complexity index is 630. The lowest BCUT2D eigenvalue weighted by Gasteiger charge is -2.35. The summed E-state index contributed by atoms with van der Waals surface area (Å²) >= 11 is 0. The van der Waals surface area contributed by atoms with Gasteiger partial charge in [-0.2, -0.15) is 0 Å². The van der Waals surface area contributed by atoms with Gasteiger partial charge in [-0.3, -0.25) is 4.79 Å². The van der Waals surface area contributed by atoms with Crippen LogP contribution in [0, 0.1) is 17.3 Å². The molecule has 1 aliphatic carbocycles. The van der Waals surface area contributed by atoms with Gasteiger partial charge in [-0.25, -0.2) is 0 Å². The molecule has 8 nitrogen and oxygen atoms in total. The quantitative estimate of drug-likeness (QED) is 0.123. The van der Waals surface area contributed by atoms with Crippen molar-refractivity contribution in [2.24, 2.45) is 17.3 Å². The highest BCUT2D eigenvalue weighted by molar-refractivity contribution is 5.76. The fourth-order valence-corrected chi connectivity index (χ4v) is 5.77. The molecule has 0 aromatic carbocycles. The summed E-state index contributed by atoms with van der Waals surface area (Å²) in [6.07, 6.45) is 15.0. The van der Waals surface area contributed by atoms with Crippen LogP contribution >= 0.6 is 0 Å². The number of amides is 1. The standard InChI is InChI=1S/C30H57NO7/c1-4-26(33)25(21-36-28(35)22-38-29-24(19-32)20-37-29)31-27(34)16-12-10-8-6-5-7-9-11-14-23-15-13-17-30(2,3)18-23/h23-26,28-29,32-33,35H,4-22H2,1-3H3,(H,31,34)/t23?,24?,25-,26?,28?,29?/m0/s1. The van der Waals surface area contributed by atoms with E-state index in [1.165, 1.54) is 64.2 Å². The van der Waals surface area contributed by atoms with Gasteiger partial charge in [0.05, 0.1) is 37.9 Å². The van der Waals surface area contributed by atoms with Gasteiger partial charge in [0.25, 0.3) is 0 Å². The molecule has 1 saturated heterocycles. The molecule has 0 radical (unpaired) electrons. The second kappa shape index (κ2) is 18.6. The zero-order valence-corrected chi connectivity index (χ0v) is 24.4. The molecule has 1 heterocycles. The molecule has 0 spiro atoms. The van der Waals surface area contributed by atoms with Crippen molar-refractivity contribution in [3.63, 3.8) is 0 Å². The van der Waals surface area contributed by atoms with Crippen molar-refractivity contribution < 1.29 is 34.3 Å². The molecule has 4 N–H and O–H groups in total. The van der Waals surface area contributed by atoms with E-state index in [-0.39, 0.29) is 31.6 Å². The molecular formula is C30H57NO7. The van der Waals surface area contributed by atoms with Gasteiger partial charge in [0.15, 0.2) is 12.6 Å². The average molecular weight is 544 g/mol. The number of ether oxygens (including phenoxy) is 3. The molecule has 2 fully saturated rings. The maximum atomic E-state index is 12.4. The Morgan fingerprint density at radius 1 is 1.05 bits per heavy atom. The number of hydrogen-bond donors (Lipinski definition) is 4. The third kappa shape index (κ3) is 13.5. The van der Waals surface area contributed by atoms with Crippen LogP contribution in [0.1, 0.15) is 117 Å². The van der Waals surface area contributed by atoms with Crippen LogP contribution in [0.3, 0.4) is 0 Å². The van der Waals surface area contributed by atoms with E-state index in [4.69, 9.17) is 19.3 Å². The van der Waals surface area contributed by atoms with Gasteiger partial charge < -0.3 is 34.8 Å². The Hall–Kier alpha value is -0.770. The van der Waals surface area contributed by atoms with Crippen LogP contribution in [0.5, 0.6) is 0 Å². The fourth-order valence-electron chi connectivity index (χ4n) is 5.77. The Morgan fingerprint density at radius 2 is 1.74 bits per heavy atom. The largest absolute Gasteiger partial charge is 0.396 e. The smallest absolute Gasteiger partial charge is 0.220 e.